The highest BCUT2D eigenvalue weighted by Crippen LogP contribution is 2.25. The maximum absolute atomic E-state index is 13.2. The molecule has 0 aliphatic rings. The van der Waals surface area contributed by atoms with Crippen LogP contribution >= 0.6 is 11.6 Å². The number of nitrogens with one attached hydrogen (secondary N) is 1. The Balaban J connectivity index is 1.79. The van der Waals surface area contributed by atoms with Crippen LogP contribution in [0.4, 0.5) is 0 Å². The van der Waals surface area contributed by atoms with Crippen LogP contribution in [0.3, 0.4) is 0 Å². The molecule has 0 saturated carbocycles. The quantitative estimate of drug-likeness (QED) is 0.485. The molecule has 0 radical (unpaired) electrons. The minimum atomic E-state index is -0.661. The van der Waals surface area contributed by atoms with Gasteiger partial charge in [0.25, 0.3) is 5.91 Å². The minimum absolute atomic E-state index is 0.0278. The zero-order chi connectivity index (χ0) is 23.1. The van der Waals surface area contributed by atoms with Crippen molar-refractivity contribution in [3.05, 3.63) is 77.3 Å². The topological polar surface area (TPSA) is 58.6 Å². The predicted octanol–water partition coefficient (Wildman–Crippen LogP) is 5.20. The molecule has 5 nitrogen and oxygen atoms in total. The van der Waals surface area contributed by atoms with Gasteiger partial charge in [0.05, 0.1) is 0 Å². The Morgan fingerprint density at radius 1 is 1.03 bits per heavy atom. The molecule has 0 aliphatic carbocycles. The molecule has 0 spiro atoms. The van der Waals surface area contributed by atoms with Crippen molar-refractivity contribution in [1.29, 1.82) is 0 Å². The van der Waals surface area contributed by atoms with Crippen molar-refractivity contribution >= 4 is 34.2 Å². The first-order valence-corrected chi connectivity index (χ1v) is 11.2. The molecule has 2 amide bonds. The standard InChI is InChI=1S/C26H29ClN2O3/c1-4-18(2)28-26(31)19(3)29(16-20-9-7-12-22(27)15-20)25(30)17-32-24-14-8-11-21-10-5-6-13-23(21)24/h5-15,18-19H,4,16-17H2,1-3H3,(H,28,31)/t18-,19+/m1/s1. The van der Waals surface area contributed by atoms with Gasteiger partial charge in [-0.1, -0.05) is 67.1 Å². The third kappa shape index (κ3) is 6.01. The lowest BCUT2D eigenvalue weighted by molar-refractivity contribution is -0.142. The molecule has 6 heteroatoms. The van der Waals surface area contributed by atoms with Crippen LogP contribution in [0, 0.1) is 0 Å². The van der Waals surface area contributed by atoms with Crippen molar-refractivity contribution in [2.45, 2.75) is 45.8 Å². The van der Waals surface area contributed by atoms with Crippen molar-refractivity contribution in [3.63, 3.8) is 0 Å². The van der Waals surface area contributed by atoms with Gasteiger partial charge in [0.1, 0.15) is 11.8 Å². The third-order valence-corrected chi connectivity index (χ3v) is 5.75. The second-order valence-corrected chi connectivity index (χ2v) is 8.35. The molecule has 0 fully saturated rings. The number of carbonyl (C=O) groups is 2. The molecule has 32 heavy (non-hydrogen) atoms. The Bertz CT molecular complexity index is 1080. The van der Waals surface area contributed by atoms with E-state index in [1.807, 2.05) is 68.4 Å². The minimum Gasteiger partial charge on any atom is -0.483 e. The number of fused-ring (bicyclic) bond motifs is 1. The summed E-state index contributed by atoms with van der Waals surface area (Å²) < 4.78 is 5.91. The zero-order valence-corrected chi connectivity index (χ0v) is 19.4. The number of rotatable bonds is 9. The summed E-state index contributed by atoms with van der Waals surface area (Å²) in [5.74, 6) is 0.167. The van der Waals surface area contributed by atoms with Gasteiger partial charge >= 0.3 is 0 Å². The van der Waals surface area contributed by atoms with E-state index < -0.39 is 6.04 Å². The van der Waals surface area contributed by atoms with Crippen LogP contribution in [0.1, 0.15) is 32.8 Å². The summed E-state index contributed by atoms with van der Waals surface area (Å²) in [6, 6.07) is 20.2. The van der Waals surface area contributed by atoms with E-state index in [4.69, 9.17) is 16.3 Å². The summed E-state index contributed by atoms with van der Waals surface area (Å²) in [4.78, 5) is 27.6. The van der Waals surface area contributed by atoms with Gasteiger partial charge in [0, 0.05) is 23.0 Å². The average Bonchev–Trinajstić information content (AvgIpc) is 2.80. The van der Waals surface area contributed by atoms with Gasteiger partial charge < -0.3 is 15.0 Å². The normalized spacial score (nSPS) is 12.8. The average molecular weight is 453 g/mol. The summed E-state index contributed by atoms with van der Waals surface area (Å²) in [6.07, 6.45) is 0.810. The SMILES string of the molecule is CC[C@@H](C)NC(=O)[C@H](C)N(Cc1cccc(Cl)c1)C(=O)COc1cccc2ccccc12. The second kappa shape index (κ2) is 11.0. The van der Waals surface area contributed by atoms with Crippen molar-refractivity contribution < 1.29 is 14.3 Å². The first kappa shape index (κ1) is 23.6. The molecule has 2 atom stereocenters. The van der Waals surface area contributed by atoms with Gasteiger partial charge in [-0.3, -0.25) is 9.59 Å². The van der Waals surface area contributed by atoms with E-state index in [0.717, 1.165) is 22.8 Å². The van der Waals surface area contributed by atoms with Crippen molar-refractivity contribution in [1.82, 2.24) is 10.2 Å². The summed E-state index contributed by atoms with van der Waals surface area (Å²) in [6.45, 7) is 5.76. The zero-order valence-electron chi connectivity index (χ0n) is 18.7. The van der Waals surface area contributed by atoms with Crippen molar-refractivity contribution in [3.8, 4) is 5.75 Å². The van der Waals surface area contributed by atoms with Gasteiger partial charge in [0.2, 0.25) is 5.91 Å². The van der Waals surface area contributed by atoms with Crippen LogP contribution in [-0.2, 0) is 16.1 Å². The molecule has 0 unspecified atom stereocenters. The Morgan fingerprint density at radius 2 is 1.75 bits per heavy atom. The van der Waals surface area contributed by atoms with E-state index in [1.54, 1.807) is 19.1 Å². The van der Waals surface area contributed by atoms with E-state index in [0.29, 0.717) is 10.8 Å². The second-order valence-electron chi connectivity index (χ2n) is 7.91. The number of amides is 2. The Morgan fingerprint density at radius 3 is 2.50 bits per heavy atom. The Hall–Kier alpha value is -3.05. The number of carbonyl (C=O) groups excluding carboxylic acids is 2. The van der Waals surface area contributed by atoms with Crippen LogP contribution < -0.4 is 10.1 Å². The molecular formula is C26H29ClN2O3. The lowest BCUT2D eigenvalue weighted by Crippen LogP contribution is -2.50. The van der Waals surface area contributed by atoms with Crippen molar-refractivity contribution in [2.75, 3.05) is 6.61 Å². The molecule has 0 heterocycles. The molecule has 0 bridgehead atoms. The van der Waals surface area contributed by atoms with E-state index in [2.05, 4.69) is 5.32 Å². The van der Waals surface area contributed by atoms with Crippen LogP contribution in [0.25, 0.3) is 10.8 Å². The molecule has 0 aliphatic heterocycles. The first-order valence-electron chi connectivity index (χ1n) is 10.8. The molecular weight excluding hydrogens is 424 g/mol. The largest absolute Gasteiger partial charge is 0.483 e. The number of nitrogens with zero attached hydrogens (tertiary/aromatic N) is 1. The smallest absolute Gasteiger partial charge is 0.261 e. The van der Waals surface area contributed by atoms with Gasteiger partial charge in [-0.2, -0.15) is 0 Å². The van der Waals surface area contributed by atoms with Crippen LogP contribution in [0.5, 0.6) is 5.75 Å². The first-order chi connectivity index (χ1) is 15.4. The van der Waals surface area contributed by atoms with Gasteiger partial charge in [-0.15, -0.1) is 0 Å². The molecule has 3 rings (SSSR count). The van der Waals surface area contributed by atoms with Crippen LogP contribution in [-0.4, -0.2) is 35.4 Å². The monoisotopic (exact) mass is 452 g/mol. The van der Waals surface area contributed by atoms with Crippen LogP contribution in [0.2, 0.25) is 5.02 Å². The Labute approximate surface area is 194 Å². The number of hydrogen-bond acceptors (Lipinski definition) is 3. The maximum Gasteiger partial charge on any atom is 0.261 e. The Kier molecular flexibility index (Phi) is 8.12. The highest BCUT2D eigenvalue weighted by molar-refractivity contribution is 6.30. The summed E-state index contributed by atoms with van der Waals surface area (Å²) in [5, 5.41) is 5.52. The van der Waals surface area contributed by atoms with Crippen LogP contribution in [0.15, 0.2) is 66.7 Å². The van der Waals surface area contributed by atoms with E-state index in [-0.39, 0.29) is 31.0 Å². The molecule has 0 saturated heterocycles. The number of ether oxygens (including phenoxy) is 1. The maximum atomic E-state index is 13.2. The fraction of sp³-hybridized carbons (Fsp3) is 0.308. The lowest BCUT2D eigenvalue weighted by atomic mass is 10.1. The third-order valence-electron chi connectivity index (χ3n) is 5.51. The lowest BCUT2D eigenvalue weighted by Gasteiger charge is -2.29. The van der Waals surface area contributed by atoms with Crippen molar-refractivity contribution in [2.24, 2.45) is 0 Å². The van der Waals surface area contributed by atoms with E-state index in [9.17, 15) is 9.59 Å². The fourth-order valence-electron chi connectivity index (χ4n) is 3.42. The predicted molar refractivity (Wildman–Crippen MR) is 129 cm³/mol. The van der Waals surface area contributed by atoms with Gasteiger partial charge in [-0.25, -0.2) is 0 Å². The molecule has 1 N–H and O–H groups in total. The number of halogens is 1. The highest BCUT2D eigenvalue weighted by atomic mass is 35.5. The highest BCUT2D eigenvalue weighted by Gasteiger charge is 2.27. The van der Waals surface area contributed by atoms with E-state index in [1.165, 1.54) is 4.90 Å². The summed E-state index contributed by atoms with van der Waals surface area (Å²) >= 11 is 6.13. The summed E-state index contributed by atoms with van der Waals surface area (Å²) in [5.41, 5.74) is 0.846. The fourth-order valence-corrected chi connectivity index (χ4v) is 3.64. The number of benzene rings is 3. The molecule has 3 aromatic carbocycles. The van der Waals surface area contributed by atoms with E-state index >= 15 is 0 Å². The number of hydrogen-bond donors (Lipinski definition) is 1. The molecule has 3 aromatic rings. The summed E-state index contributed by atoms with van der Waals surface area (Å²) in [7, 11) is 0. The molecule has 168 valence electrons. The molecule has 0 aromatic heterocycles. The van der Waals surface area contributed by atoms with Gasteiger partial charge in [0.15, 0.2) is 6.61 Å². The van der Waals surface area contributed by atoms with Gasteiger partial charge in [-0.05, 0) is 49.4 Å².